The highest BCUT2D eigenvalue weighted by Crippen LogP contribution is 2.27. The number of aromatic nitrogens is 2. The highest BCUT2D eigenvalue weighted by molar-refractivity contribution is 5.94. The van der Waals surface area contributed by atoms with Crippen molar-refractivity contribution >= 4 is 10.8 Å². The quantitative estimate of drug-likeness (QED) is 0.722. The lowest BCUT2D eigenvalue weighted by atomic mass is 10.0. The minimum absolute atomic E-state index is 0.598. The Kier molecular flexibility index (Phi) is 3.74. The molecule has 0 saturated carbocycles. The van der Waals surface area contributed by atoms with Crippen LogP contribution in [-0.4, -0.2) is 23.8 Å². The molecule has 3 rings (SSSR count). The zero-order valence-corrected chi connectivity index (χ0v) is 11.5. The van der Waals surface area contributed by atoms with Crippen molar-refractivity contribution in [1.29, 1.82) is 0 Å². The predicted octanol–water partition coefficient (Wildman–Crippen LogP) is 3.04. The topological polar surface area (TPSA) is 51.0 Å². The molecule has 3 aromatic rings. The van der Waals surface area contributed by atoms with E-state index < -0.39 is 0 Å². The molecule has 0 aliphatic carbocycles. The minimum Gasteiger partial charge on any atom is -0.421 e. The first kappa shape index (κ1) is 12.8. The maximum atomic E-state index is 5.77. The predicted molar refractivity (Wildman–Crippen MR) is 79.5 cm³/mol. The van der Waals surface area contributed by atoms with Crippen LogP contribution in [0.2, 0.25) is 0 Å². The Balaban J connectivity index is 1.91. The molecule has 0 spiro atoms. The fourth-order valence-corrected chi connectivity index (χ4v) is 2.29. The monoisotopic (exact) mass is 267 g/mol. The van der Waals surface area contributed by atoms with Crippen molar-refractivity contribution in [2.24, 2.45) is 0 Å². The molecule has 0 aliphatic heterocycles. The van der Waals surface area contributed by atoms with Crippen LogP contribution in [-0.2, 0) is 6.42 Å². The number of fused-ring (bicyclic) bond motifs is 1. The smallest absolute Gasteiger partial charge is 0.248 e. The maximum Gasteiger partial charge on any atom is 0.248 e. The Bertz CT molecular complexity index is 700. The van der Waals surface area contributed by atoms with Gasteiger partial charge in [-0.1, -0.05) is 36.4 Å². The van der Waals surface area contributed by atoms with Crippen molar-refractivity contribution in [2.75, 3.05) is 13.6 Å². The second-order valence-electron chi connectivity index (χ2n) is 4.73. The lowest BCUT2D eigenvalue weighted by Crippen LogP contribution is -2.08. The molecule has 1 aromatic heterocycles. The summed E-state index contributed by atoms with van der Waals surface area (Å²) < 4.78 is 5.77. The summed E-state index contributed by atoms with van der Waals surface area (Å²) in [5, 5.41) is 13.7. The second kappa shape index (κ2) is 5.84. The van der Waals surface area contributed by atoms with Crippen molar-refractivity contribution in [3.63, 3.8) is 0 Å². The van der Waals surface area contributed by atoms with Crippen molar-refractivity contribution < 1.29 is 4.42 Å². The van der Waals surface area contributed by atoms with Gasteiger partial charge >= 0.3 is 0 Å². The van der Waals surface area contributed by atoms with Gasteiger partial charge in [0, 0.05) is 12.0 Å². The SMILES string of the molecule is CNCCCc1nnc(-c2cccc3ccccc23)o1. The van der Waals surface area contributed by atoms with E-state index >= 15 is 0 Å². The first-order valence-electron chi connectivity index (χ1n) is 6.83. The lowest BCUT2D eigenvalue weighted by molar-refractivity contribution is 0.495. The summed E-state index contributed by atoms with van der Waals surface area (Å²) >= 11 is 0. The average Bonchev–Trinajstić information content (AvgIpc) is 2.96. The summed E-state index contributed by atoms with van der Waals surface area (Å²) in [6.07, 6.45) is 1.80. The summed E-state index contributed by atoms with van der Waals surface area (Å²) in [5.74, 6) is 1.30. The number of nitrogens with zero attached hydrogens (tertiary/aromatic N) is 2. The van der Waals surface area contributed by atoms with E-state index in [9.17, 15) is 0 Å². The summed E-state index contributed by atoms with van der Waals surface area (Å²) in [7, 11) is 1.94. The maximum absolute atomic E-state index is 5.77. The third kappa shape index (κ3) is 2.56. The molecule has 0 atom stereocenters. The summed E-state index contributed by atoms with van der Waals surface area (Å²) in [5.41, 5.74) is 0.996. The molecule has 0 radical (unpaired) electrons. The van der Waals surface area contributed by atoms with E-state index in [1.807, 2.05) is 31.3 Å². The van der Waals surface area contributed by atoms with Crippen LogP contribution in [0.3, 0.4) is 0 Å². The van der Waals surface area contributed by atoms with Gasteiger partial charge in [-0.25, -0.2) is 0 Å². The molecule has 0 unspecified atom stereocenters. The van der Waals surface area contributed by atoms with E-state index in [-0.39, 0.29) is 0 Å². The number of nitrogens with one attached hydrogen (secondary N) is 1. The molecule has 4 heteroatoms. The van der Waals surface area contributed by atoms with E-state index in [1.54, 1.807) is 0 Å². The number of aryl methyl sites for hydroxylation is 1. The molecule has 0 aliphatic rings. The summed E-state index contributed by atoms with van der Waals surface area (Å²) in [4.78, 5) is 0. The van der Waals surface area contributed by atoms with Gasteiger partial charge in [0.2, 0.25) is 11.8 Å². The third-order valence-corrected chi connectivity index (χ3v) is 3.30. The molecule has 0 amide bonds. The van der Waals surface area contributed by atoms with Crippen molar-refractivity contribution in [2.45, 2.75) is 12.8 Å². The Hall–Kier alpha value is -2.20. The van der Waals surface area contributed by atoms with E-state index in [0.29, 0.717) is 11.8 Å². The molecular formula is C16H17N3O. The van der Waals surface area contributed by atoms with Crippen LogP contribution < -0.4 is 5.32 Å². The van der Waals surface area contributed by atoms with Gasteiger partial charge < -0.3 is 9.73 Å². The normalized spacial score (nSPS) is 11.1. The van der Waals surface area contributed by atoms with E-state index in [0.717, 1.165) is 30.3 Å². The number of benzene rings is 2. The van der Waals surface area contributed by atoms with Gasteiger partial charge in [0.25, 0.3) is 0 Å². The van der Waals surface area contributed by atoms with Crippen LogP contribution in [0.1, 0.15) is 12.3 Å². The summed E-state index contributed by atoms with van der Waals surface area (Å²) in [6, 6.07) is 14.3. The Labute approximate surface area is 117 Å². The Morgan fingerprint density at radius 3 is 2.80 bits per heavy atom. The lowest BCUT2D eigenvalue weighted by Gasteiger charge is -2.01. The number of hydrogen-bond donors (Lipinski definition) is 1. The molecule has 20 heavy (non-hydrogen) atoms. The van der Waals surface area contributed by atoms with Crippen LogP contribution in [0.5, 0.6) is 0 Å². The molecule has 102 valence electrons. The van der Waals surface area contributed by atoms with Crippen LogP contribution in [0, 0.1) is 0 Å². The van der Waals surface area contributed by atoms with Gasteiger partial charge in [-0.2, -0.15) is 0 Å². The van der Waals surface area contributed by atoms with E-state index in [2.05, 4.69) is 33.7 Å². The Morgan fingerprint density at radius 2 is 1.90 bits per heavy atom. The average molecular weight is 267 g/mol. The standard InChI is InChI=1S/C16H17N3O/c1-17-11-5-10-15-18-19-16(20-15)14-9-4-7-12-6-2-3-8-13(12)14/h2-4,6-9,17H,5,10-11H2,1H3. The zero-order chi connectivity index (χ0) is 13.8. The van der Waals surface area contributed by atoms with Crippen LogP contribution in [0.25, 0.3) is 22.2 Å². The van der Waals surface area contributed by atoms with Gasteiger partial charge in [0.05, 0.1) is 0 Å². The van der Waals surface area contributed by atoms with Crippen LogP contribution >= 0.6 is 0 Å². The molecule has 0 saturated heterocycles. The van der Waals surface area contributed by atoms with Gasteiger partial charge in [-0.15, -0.1) is 10.2 Å². The molecule has 4 nitrogen and oxygen atoms in total. The highest BCUT2D eigenvalue weighted by Gasteiger charge is 2.11. The number of rotatable bonds is 5. The molecule has 1 N–H and O–H groups in total. The fraction of sp³-hybridized carbons (Fsp3) is 0.250. The molecule has 0 bridgehead atoms. The Morgan fingerprint density at radius 1 is 1.05 bits per heavy atom. The van der Waals surface area contributed by atoms with Crippen LogP contribution in [0.15, 0.2) is 46.9 Å². The van der Waals surface area contributed by atoms with Gasteiger partial charge in [0.1, 0.15) is 0 Å². The van der Waals surface area contributed by atoms with E-state index in [4.69, 9.17) is 4.42 Å². The third-order valence-electron chi connectivity index (χ3n) is 3.30. The zero-order valence-electron chi connectivity index (χ0n) is 11.5. The first-order chi connectivity index (χ1) is 9.88. The van der Waals surface area contributed by atoms with Crippen LogP contribution in [0.4, 0.5) is 0 Å². The minimum atomic E-state index is 0.598. The van der Waals surface area contributed by atoms with Crippen molar-refractivity contribution in [3.05, 3.63) is 48.4 Å². The second-order valence-corrected chi connectivity index (χ2v) is 4.73. The van der Waals surface area contributed by atoms with Gasteiger partial charge in [-0.3, -0.25) is 0 Å². The van der Waals surface area contributed by atoms with E-state index in [1.165, 1.54) is 5.39 Å². The molecule has 1 heterocycles. The van der Waals surface area contributed by atoms with Crippen molar-refractivity contribution in [1.82, 2.24) is 15.5 Å². The van der Waals surface area contributed by atoms with Gasteiger partial charge in [-0.05, 0) is 36.9 Å². The fourth-order valence-electron chi connectivity index (χ4n) is 2.29. The largest absolute Gasteiger partial charge is 0.421 e. The number of hydrogen-bond acceptors (Lipinski definition) is 4. The summed E-state index contributed by atoms with van der Waals surface area (Å²) in [6.45, 7) is 0.950. The first-order valence-corrected chi connectivity index (χ1v) is 6.83. The highest BCUT2D eigenvalue weighted by atomic mass is 16.4. The van der Waals surface area contributed by atoms with Crippen molar-refractivity contribution in [3.8, 4) is 11.5 Å². The molecular weight excluding hydrogens is 250 g/mol. The van der Waals surface area contributed by atoms with Gasteiger partial charge in [0.15, 0.2) is 0 Å². The molecule has 0 fully saturated rings. The molecule has 2 aromatic carbocycles.